The van der Waals surface area contributed by atoms with Gasteiger partial charge in [0.15, 0.2) is 0 Å². The molecule has 0 rings (SSSR count). The van der Waals surface area contributed by atoms with Crippen molar-refractivity contribution in [1.82, 2.24) is 5.32 Å². The van der Waals surface area contributed by atoms with E-state index in [1.807, 2.05) is 27.7 Å². The number of Topliss-reactive ketones (excluding diaryl/α,β-unsaturated/α-hetero) is 1. The molecular formula is C10H21NO2. The van der Waals surface area contributed by atoms with Gasteiger partial charge in [-0.25, -0.2) is 0 Å². The van der Waals surface area contributed by atoms with Crippen LogP contribution in [0.2, 0.25) is 0 Å². The monoisotopic (exact) mass is 187 g/mol. The van der Waals surface area contributed by atoms with Crippen LogP contribution in [0.4, 0.5) is 0 Å². The Bertz CT molecular complexity index is 155. The van der Waals surface area contributed by atoms with E-state index >= 15 is 0 Å². The fourth-order valence-corrected chi connectivity index (χ4v) is 0.912. The minimum Gasteiger partial charge on any atom is -0.391 e. The number of nitrogens with one attached hydrogen (secondary N) is 1. The number of hydrogen-bond donors (Lipinski definition) is 2. The van der Waals surface area contributed by atoms with Crippen LogP contribution in [0.15, 0.2) is 0 Å². The van der Waals surface area contributed by atoms with E-state index < -0.39 is 6.10 Å². The molecule has 3 nitrogen and oxygen atoms in total. The average molecular weight is 187 g/mol. The van der Waals surface area contributed by atoms with Crippen molar-refractivity contribution >= 4 is 5.78 Å². The highest BCUT2D eigenvalue weighted by Crippen LogP contribution is 2.01. The normalized spacial score (nSPS) is 13.8. The van der Waals surface area contributed by atoms with E-state index in [1.165, 1.54) is 0 Å². The maximum atomic E-state index is 11.2. The lowest BCUT2D eigenvalue weighted by Crippen LogP contribution is -2.33. The third-order valence-electron chi connectivity index (χ3n) is 1.84. The highest BCUT2D eigenvalue weighted by atomic mass is 16.3. The van der Waals surface area contributed by atoms with Crippen LogP contribution in [0.5, 0.6) is 0 Å². The molecule has 0 aliphatic rings. The predicted octanol–water partition coefficient (Wildman–Crippen LogP) is 0.960. The second-order valence-corrected chi connectivity index (χ2v) is 4.04. The summed E-state index contributed by atoms with van der Waals surface area (Å²) in [5.41, 5.74) is 0. The Kier molecular flexibility index (Phi) is 5.91. The molecule has 0 radical (unpaired) electrons. The van der Waals surface area contributed by atoms with Crippen molar-refractivity contribution in [3.63, 3.8) is 0 Å². The predicted molar refractivity (Wildman–Crippen MR) is 53.6 cm³/mol. The smallest absolute Gasteiger partial charge is 0.138 e. The van der Waals surface area contributed by atoms with Crippen LogP contribution in [-0.2, 0) is 4.79 Å². The Morgan fingerprint density at radius 1 is 1.31 bits per heavy atom. The molecule has 0 bridgehead atoms. The van der Waals surface area contributed by atoms with E-state index in [0.717, 1.165) is 0 Å². The van der Waals surface area contributed by atoms with Gasteiger partial charge in [0.2, 0.25) is 0 Å². The number of ketones is 1. The third kappa shape index (κ3) is 6.72. The average Bonchev–Trinajstić information content (AvgIpc) is 2.00. The number of aliphatic hydroxyl groups is 1. The molecule has 0 spiro atoms. The van der Waals surface area contributed by atoms with E-state index in [4.69, 9.17) is 0 Å². The first kappa shape index (κ1) is 12.6. The van der Waals surface area contributed by atoms with Crippen molar-refractivity contribution in [2.45, 2.75) is 46.3 Å². The molecule has 78 valence electrons. The summed E-state index contributed by atoms with van der Waals surface area (Å²) in [6.45, 7) is 8.22. The van der Waals surface area contributed by atoms with Crippen LogP contribution in [-0.4, -0.2) is 29.6 Å². The van der Waals surface area contributed by atoms with Gasteiger partial charge in [0.1, 0.15) is 5.78 Å². The van der Waals surface area contributed by atoms with Crippen molar-refractivity contribution in [3.05, 3.63) is 0 Å². The summed E-state index contributed by atoms with van der Waals surface area (Å²) in [6, 6.07) is 0.351. The van der Waals surface area contributed by atoms with Gasteiger partial charge in [-0.2, -0.15) is 0 Å². The zero-order chi connectivity index (χ0) is 10.4. The van der Waals surface area contributed by atoms with Crippen molar-refractivity contribution < 1.29 is 9.90 Å². The molecule has 0 aliphatic heterocycles. The maximum Gasteiger partial charge on any atom is 0.138 e. The van der Waals surface area contributed by atoms with Crippen LogP contribution in [0.25, 0.3) is 0 Å². The summed E-state index contributed by atoms with van der Waals surface area (Å²) in [6.07, 6.45) is -0.283. The van der Waals surface area contributed by atoms with E-state index in [9.17, 15) is 9.90 Å². The van der Waals surface area contributed by atoms with Crippen molar-refractivity contribution in [2.24, 2.45) is 5.92 Å². The summed E-state index contributed by atoms with van der Waals surface area (Å²) in [7, 11) is 0. The Hall–Kier alpha value is -0.410. The molecule has 0 fully saturated rings. The summed E-state index contributed by atoms with van der Waals surface area (Å²) in [4.78, 5) is 11.2. The molecule has 2 N–H and O–H groups in total. The van der Waals surface area contributed by atoms with Crippen molar-refractivity contribution in [3.8, 4) is 0 Å². The minimum atomic E-state index is -0.544. The van der Waals surface area contributed by atoms with Gasteiger partial charge in [0, 0.05) is 24.9 Å². The van der Waals surface area contributed by atoms with Gasteiger partial charge in [-0.05, 0) is 0 Å². The largest absolute Gasteiger partial charge is 0.391 e. The van der Waals surface area contributed by atoms with Crippen molar-refractivity contribution in [2.75, 3.05) is 6.54 Å². The minimum absolute atomic E-state index is 0.0219. The first-order valence-corrected chi connectivity index (χ1v) is 4.87. The molecule has 3 heteroatoms. The Labute approximate surface area is 80.5 Å². The van der Waals surface area contributed by atoms with Gasteiger partial charge in [-0.15, -0.1) is 0 Å². The first-order valence-electron chi connectivity index (χ1n) is 4.87. The van der Waals surface area contributed by atoms with Crippen LogP contribution >= 0.6 is 0 Å². The van der Waals surface area contributed by atoms with Gasteiger partial charge in [0.05, 0.1) is 6.10 Å². The quantitative estimate of drug-likeness (QED) is 0.651. The molecular weight excluding hydrogens is 166 g/mol. The van der Waals surface area contributed by atoms with Crippen LogP contribution in [0.1, 0.15) is 34.1 Å². The molecule has 1 atom stereocenters. The summed E-state index contributed by atoms with van der Waals surface area (Å²) >= 11 is 0. The summed E-state index contributed by atoms with van der Waals surface area (Å²) in [5.74, 6) is 0.145. The second kappa shape index (κ2) is 6.11. The molecule has 0 amide bonds. The Morgan fingerprint density at radius 3 is 2.23 bits per heavy atom. The molecule has 0 aromatic carbocycles. The topological polar surface area (TPSA) is 49.3 Å². The van der Waals surface area contributed by atoms with E-state index in [-0.39, 0.29) is 18.1 Å². The van der Waals surface area contributed by atoms with Gasteiger partial charge < -0.3 is 10.4 Å². The fourth-order valence-electron chi connectivity index (χ4n) is 0.912. The zero-order valence-corrected chi connectivity index (χ0v) is 9.00. The first-order chi connectivity index (χ1) is 5.93. The number of rotatable bonds is 6. The van der Waals surface area contributed by atoms with E-state index in [0.29, 0.717) is 12.6 Å². The lowest BCUT2D eigenvalue weighted by molar-refractivity contribution is -0.123. The molecule has 0 heterocycles. The molecule has 0 saturated carbocycles. The fraction of sp³-hybridized carbons (Fsp3) is 0.900. The lowest BCUT2D eigenvalue weighted by atomic mass is 10.0. The number of aliphatic hydroxyl groups excluding tert-OH is 1. The SMILES string of the molecule is CC(C)NCC(O)CC(=O)C(C)C. The molecule has 0 saturated heterocycles. The molecule has 0 aromatic rings. The lowest BCUT2D eigenvalue weighted by Gasteiger charge is -2.14. The molecule has 0 aliphatic carbocycles. The highest BCUT2D eigenvalue weighted by Gasteiger charge is 2.13. The van der Waals surface area contributed by atoms with Gasteiger partial charge >= 0.3 is 0 Å². The van der Waals surface area contributed by atoms with Gasteiger partial charge in [-0.1, -0.05) is 27.7 Å². The van der Waals surface area contributed by atoms with Crippen molar-refractivity contribution in [1.29, 1.82) is 0 Å². The van der Waals surface area contributed by atoms with Gasteiger partial charge in [-0.3, -0.25) is 4.79 Å². The maximum absolute atomic E-state index is 11.2. The number of carbonyl (C=O) groups excluding carboxylic acids is 1. The van der Waals surface area contributed by atoms with E-state index in [2.05, 4.69) is 5.32 Å². The van der Waals surface area contributed by atoms with Crippen LogP contribution < -0.4 is 5.32 Å². The zero-order valence-electron chi connectivity index (χ0n) is 9.00. The third-order valence-corrected chi connectivity index (χ3v) is 1.84. The highest BCUT2D eigenvalue weighted by molar-refractivity contribution is 5.80. The Balaban J connectivity index is 3.62. The molecule has 13 heavy (non-hydrogen) atoms. The summed E-state index contributed by atoms with van der Waals surface area (Å²) in [5, 5.41) is 12.5. The number of hydrogen-bond acceptors (Lipinski definition) is 3. The number of carbonyl (C=O) groups is 1. The summed E-state index contributed by atoms with van der Waals surface area (Å²) < 4.78 is 0. The standard InChI is InChI=1S/C10H21NO2/c1-7(2)10(13)5-9(12)6-11-8(3)4/h7-9,11-12H,5-6H2,1-4H3. The van der Waals surface area contributed by atoms with Crippen LogP contribution in [0.3, 0.4) is 0 Å². The van der Waals surface area contributed by atoms with Crippen LogP contribution in [0, 0.1) is 5.92 Å². The molecule has 1 unspecified atom stereocenters. The van der Waals surface area contributed by atoms with E-state index in [1.54, 1.807) is 0 Å². The van der Waals surface area contributed by atoms with Gasteiger partial charge in [0.25, 0.3) is 0 Å². The molecule has 0 aromatic heterocycles. The second-order valence-electron chi connectivity index (χ2n) is 4.04. The Morgan fingerprint density at radius 2 is 1.85 bits per heavy atom.